The van der Waals surface area contributed by atoms with Gasteiger partial charge in [0, 0.05) is 18.4 Å². The maximum atomic E-state index is 13.4. The van der Waals surface area contributed by atoms with Crippen LogP contribution in [0.5, 0.6) is 0 Å². The molecule has 1 saturated heterocycles. The number of esters is 1. The van der Waals surface area contributed by atoms with Gasteiger partial charge in [-0.1, -0.05) is 35.3 Å². The summed E-state index contributed by atoms with van der Waals surface area (Å²) in [5.74, 6) is -1.02. The molecular formula is C24H21Cl2N3O6. The number of aromatic nitrogens is 2. The van der Waals surface area contributed by atoms with E-state index in [1.807, 2.05) is 0 Å². The second-order valence-corrected chi connectivity index (χ2v) is 8.42. The van der Waals surface area contributed by atoms with Crippen molar-refractivity contribution in [2.24, 2.45) is 0 Å². The number of nitrogens with zero attached hydrogens (tertiary/aromatic N) is 3. The molecule has 0 radical (unpaired) electrons. The standard InChI is InChI=1S/C24H21Cl2N3O6/c1-2-35-23(32)18-13-28(17-8-6-16(7-9-17)27-10-11-34-14-20(27)30)24(33)29(22(18)31)12-15-4-3-5-19(25)21(15)26/h3-9,13H,2,10-12,14H2,1H3. The number of hydrogen-bond donors (Lipinski definition) is 0. The van der Waals surface area contributed by atoms with Crippen molar-refractivity contribution in [1.29, 1.82) is 0 Å². The molecule has 9 nitrogen and oxygen atoms in total. The molecule has 0 N–H and O–H groups in total. The van der Waals surface area contributed by atoms with Crippen molar-refractivity contribution in [3.63, 3.8) is 0 Å². The van der Waals surface area contributed by atoms with Crippen LogP contribution < -0.4 is 16.1 Å². The molecule has 1 aliphatic rings. The maximum Gasteiger partial charge on any atom is 0.345 e. The molecule has 4 rings (SSSR count). The van der Waals surface area contributed by atoms with Crippen LogP contribution in [0.2, 0.25) is 10.0 Å². The van der Waals surface area contributed by atoms with Crippen molar-refractivity contribution in [1.82, 2.24) is 9.13 Å². The Labute approximate surface area is 210 Å². The average Bonchev–Trinajstić information content (AvgIpc) is 2.85. The highest BCUT2D eigenvalue weighted by molar-refractivity contribution is 6.42. The third kappa shape index (κ3) is 5.02. The molecule has 0 spiro atoms. The van der Waals surface area contributed by atoms with Gasteiger partial charge in [-0.2, -0.15) is 0 Å². The Hall–Kier alpha value is -3.40. The molecule has 0 bridgehead atoms. The van der Waals surface area contributed by atoms with Crippen molar-refractivity contribution in [3.8, 4) is 5.69 Å². The fourth-order valence-electron chi connectivity index (χ4n) is 3.70. The topological polar surface area (TPSA) is 99.8 Å². The lowest BCUT2D eigenvalue weighted by Gasteiger charge is -2.27. The third-order valence-electron chi connectivity index (χ3n) is 5.45. The number of benzene rings is 2. The zero-order chi connectivity index (χ0) is 25.1. The Balaban J connectivity index is 1.81. The number of carbonyl (C=O) groups excluding carboxylic acids is 2. The number of hydrogen-bond acceptors (Lipinski definition) is 6. The Kier molecular flexibility index (Phi) is 7.39. The summed E-state index contributed by atoms with van der Waals surface area (Å²) in [6, 6.07) is 11.5. The van der Waals surface area contributed by atoms with E-state index in [9.17, 15) is 19.2 Å². The predicted octanol–water partition coefficient (Wildman–Crippen LogP) is 2.89. The van der Waals surface area contributed by atoms with Crippen LogP contribution in [0.1, 0.15) is 22.8 Å². The van der Waals surface area contributed by atoms with E-state index in [-0.39, 0.29) is 41.3 Å². The molecule has 11 heteroatoms. The Morgan fingerprint density at radius 1 is 1.06 bits per heavy atom. The van der Waals surface area contributed by atoms with Crippen LogP contribution in [-0.2, 0) is 20.8 Å². The van der Waals surface area contributed by atoms with E-state index in [4.69, 9.17) is 32.7 Å². The van der Waals surface area contributed by atoms with E-state index in [2.05, 4.69) is 0 Å². The normalized spacial score (nSPS) is 13.7. The summed E-state index contributed by atoms with van der Waals surface area (Å²) in [5.41, 5.74) is -0.342. The summed E-state index contributed by atoms with van der Waals surface area (Å²) >= 11 is 12.4. The molecule has 0 saturated carbocycles. The quantitative estimate of drug-likeness (QED) is 0.466. The number of anilines is 1. The van der Waals surface area contributed by atoms with Gasteiger partial charge in [0.2, 0.25) is 0 Å². The molecule has 1 fully saturated rings. The lowest BCUT2D eigenvalue weighted by atomic mass is 10.2. The van der Waals surface area contributed by atoms with E-state index >= 15 is 0 Å². The zero-order valence-electron chi connectivity index (χ0n) is 18.7. The summed E-state index contributed by atoms with van der Waals surface area (Å²) in [6.07, 6.45) is 1.16. The van der Waals surface area contributed by atoms with E-state index < -0.39 is 17.2 Å². The lowest BCUT2D eigenvalue weighted by Crippen LogP contribution is -2.42. The second kappa shape index (κ2) is 10.5. The molecule has 0 aliphatic carbocycles. The lowest BCUT2D eigenvalue weighted by molar-refractivity contribution is -0.125. The maximum absolute atomic E-state index is 13.4. The Morgan fingerprint density at radius 3 is 2.46 bits per heavy atom. The van der Waals surface area contributed by atoms with Crippen LogP contribution in [-0.4, -0.2) is 47.4 Å². The van der Waals surface area contributed by atoms with Gasteiger partial charge in [-0.05, 0) is 42.8 Å². The van der Waals surface area contributed by atoms with Crippen molar-refractivity contribution in [2.75, 3.05) is 31.3 Å². The van der Waals surface area contributed by atoms with Gasteiger partial charge in [0.05, 0.1) is 35.5 Å². The molecule has 0 atom stereocenters. The van der Waals surface area contributed by atoms with E-state index in [1.165, 1.54) is 4.57 Å². The first kappa shape index (κ1) is 24.7. The minimum Gasteiger partial charge on any atom is -0.462 e. The largest absolute Gasteiger partial charge is 0.462 e. The third-order valence-corrected chi connectivity index (χ3v) is 6.31. The van der Waals surface area contributed by atoms with Crippen molar-refractivity contribution >= 4 is 40.8 Å². The minimum atomic E-state index is -0.854. The van der Waals surface area contributed by atoms with Crippen LogP contribution in [0.15, 0.2) is 58.3 Å². The number of morpholine rings is 1. The Bertz CT molecular complexity index is 1400. The van der Waals surface area contributed by atoms with Crippen LogP contribution in [0, 0.1) is 0 Å². The number of halogens is 2. The summed E-state index contributed by atoms with van der Waals surface area (Å²) in [5, 5.41) is 0.473. The van der Waals surface area contributed by atoms with Crippen molar-refractivity contribution in [2.45, 2.75) is 13.5 Å². The van der Waals surface area contributed by atoms with Crippen LogP contribution in [0.25, 0.3) is 5.69 Å². The summed E-state index contributed by atoms with van der Waals surface area (Å²) < 4.78 is 12.3. The molecule has 1 aliphatic heterocycles. The Morgan fingerprint density at radius 2 is 1.77 bits per heavy atom. The van der Waals surface area contributed by atoms with Gasteiger partial charge in [-0.15, -0.1) is 0 Å². The molecule has 2 aromatic carbocycles. The van der Waals surface area contributed by atoms with Crippen molar-refractivity contribution in [3.05, 3.63) is 90.7 Å². The molecule has 1 amide bonds. The van der Waals surface area contributed by atoms with Gasteiger partial charge < -0.3 is 14.4 Å². The van der Waals surface area contributed by atoms with E-state index in [0.717, 1.165) is 10.8 Å². The highest BCUT2D eigenvalue weighted by Gasteiger charge is 2.22. The average molecular weight is 518 g/mol. The van der Waals surface area contributed by atoms with Crippen LogP contribution in [0.4, 0.5) is 5.69 Å². The molecule has 182 valence electrons. The summed E-state index contributed by atoms with van der Waals surface area (Å²) in [6.45, 7) is 2.30. The smallest absolute Gasteiger partial charge is 0.345 e. The van der Waals surface area contributed by atoms with E-state index in [0.29, 0.717) is 30.1 Å². The second-order valence-electron chi connectivity index (χ2n) is 7.63. The molecule has 0 unspecified atom stereocenters. The fraction of sp³-hybridized carbons (Fsp3) is 0.250. The summed E-state index contributed by atoms with van der Waals surface area (Å²) in [7, 11) is 0. The minimum absolute atomic E-state index is 0.00112. The van der Waals surface area contributed by atoms with Gasteiger partial charge in [-0.3, -0.25) is 18.7 Å². The number of ether oxygens (including phenoxy) is 2. The summed E-state index contributed by atoms with van der Waals surface area (Å²) in [4.78, 5) is 52.7. The van der Waals surface area contributed by atoms with Crippen LogP contribution >= 0.6 is 23.2 Å². The van der Waals surface area contributed by atoms with Gasteiger partial charge in [0.15, 0.2) is 0 Å². The van der Waals surface area contributed by atoms with Gasteiger partial charge in [0.25, 0.3) is 11.5 Å². The first-order chi connectivity index (χ1) is 16.8. The van der Waals surface area contributed by atoms with Gasteiger partial charge >= 0.3 is 11.7 Å². The number of rotatable bonds is 6. The molecule has 1 aromatic heterocycles. The van der Waals surface area contributed by atoms with Crippen molar-refractivity contribution < 1.29 is 19.1 Å². The van der Waals surface area contributed by atoms with Gasteiger partial charge in [0.1, 0.15) is 12.2 Å². The number of carbonyl (C=O) groups is 2. The highest BCUT2D eigenvalue weighted by atomic mass is 35.5. The zero-order valence-corrected chi connectivity index (χ0v) is 20.2. The molecule has 3 aromatic rings. The first-order valence-electron chi connectivity index (χ1n) is 10.8. The van der Waals surface area contributed by atoms with Gasteiger partial charge in [-0.25, -0.2) is 9.59 Å². The molecule has 2 heterocycles. The highest BCUT2D eigenvalue weighted by Crippen LogP contribution is 2.26. The SMILES string of the molecule is CCOC(=O)c1cn(-c2ccc(N3CCOCC3=O)cc2)c(=O)n(Cc2cccc(Cl)c2Cl)c1=O. The van der Waals surface area contributed by atoms with Crippen LogP contribution in [0.3, 0.4) is 0 Å². The van der Waals surface area contributed by atoms with E-state index in [1.54, 1.807) is 54.3 Å². The first-order valence-corrected chi connectivity index (χ1v) is 11.5. The monoisotopic (exact) mass is 517 g/mol. The predicted molar refractivity (Wildman–Crippen MR) is 131 cm³/mol. The number of amides is 1. The fourth-order valence-corrected chi connectivity index (χ4v) is 4.08. The molecule has 35 heavy (non-hydrogen) atoms. The molecular weight excluding hydrogens is 497 g/mol.